The number of nitrogens with zero attached hydrogens (tertiary/aromatic N) is 1. The molecule has 3 heteroatoms. The Morgan fingerprint density at radius 2 is 2.18 bits per heavy atom. The lowest BCUT2D eigenvalue weighted by molar-refractivity contribution is 0.886. The molecule has 0 atom stereocenters. The van der Waals surface area contributed by atoms with E-state index < -0.39 is 0 Å². The molecular formula is C14H18N2S. The smallest absolute Gasteiger partial charge is 0.134 e. The number of thioether (sulfide) groups is 1. The summed E-state index contributed by atoms with van der Waals surface area (Å²) < 4.78 is 0. The zero-order valence-electron chi connectivity index (χ0n) is 9.98. The Bertz CT molecular complexity index is 425. The summed E-state index contributed by atoms with van der Waals surface area (Å²) in [4.78, 5) is 9.09. The standard InChI is InChI=1S/C14H18N2S/c1-2-6-11(5-1)17-13-8-4-3-7-12(13)14-15-9-10-16-14/h4,8-11H,1-3,5-7H2,(H,15,16). The average molecular weight is 246 g/mol. The van der Waals surface area contributed by atoms with Gasteiger partial charge in [0, 0.05) is 28.1 Å². The first kappa shape index (κ1) is 11.1. The third-order valence-electron chi connectivity index (χ3n) is 3.51. The Morgan fingerprint density at radius 1 is 1.29 bits per heavy atom. The lowest BCUT2D eigenvalue weighted by atomic mass is 10.0. The summed E-state index contributed by atoms with van der Waals surface area (Å²) in [5.41, 5.74) is 1.41. The minimum Gasteiger partial charge on any atom is -0.345 e. The summed E-state index contributed by atoms with van der Waals surface area (Å²) in [6.07, 6.45) is 16.2. The quantitative estimate of drug-likeness (QED) is 0.868. The maximum Gasteiger partial charge on any atom is 0.134 e. The van der Waals surface area contributed by atoms with Crippen LogP contribution < -0.4 is 0 Å². The molecule has 1 N–H and O–H groups in total. The van der Waals surface area contributed by atoms with Crippen molar-refractivity contribution in [3.05, 3.63) is 35.3 Å². The highest BCUT2D eigenvalue weighted by molar-refractivity contribution is 8.04. The first-order chi connectivity index (χ1) is 8.43. The molecule has 3 rings (SSSR count). The van der Waals surface area contributed by atoms with Crippen LogP contribution in [-0.4, -0.2) is 15.2 Å². The van der Waals surface area contributed by atoms with E-state index in [2.05, 4.69) is 33.9 Å². The summed E-state index contributed by atoms with van der Waals surface area (Å²) >= 11 is 2.07. The van der Waals surface area contributed by atoms with Crippen LogP contribution >= 0.6 is 11.8 Å². The third kappa shape index (κ3) is 2.49. The van der Waals surface area contributed by atoms with Gasteiger partial charge in [-0.25, -0.2) is 4.98 Å². The van der Waals surface area contributed by atoms with Crippen molar-refractivity contribution in [1.82, 2.24) is 9.97 Å². The van der Waals surface area contributed by atoms with E-state index in [9.17, 15) is 0 Å². The number of aromatic nitrogens is 2. The SMILES string of the molecule is C1=CC(SC2CCCC2)=C(c2ncc[nH]2)CC1. The van der Waals surface area contributed by atoms with Gasteiger partial charge in [-0.2, -0.15) is 0 Å². The van der Waals surface area contributed by atoms with Gasteiger partial charge in [-0.15, -0.1) is 11.8 Å². The molecule has 2 nitrogen and oxygen atoms in total. The molecule has 1 fully saturated rings. The topological polar surface area (TPSA) is 28.7 Å². The van der Waals surface area contributed by atoms with Crippen molar-refractivity contribution < 1.29 is 0 Å². The lowest BCUT2D eigenvalue weighted by Crippen LogP contribution is -2.00. The largest absolute Gasteiger partial charge is 0.345 e. The van der Waals surface area contributed by atoms with Crippen LogP contribution in [0.3, 0.4) is 0 Å². The second-order valence-electron chi connectivity index (χ2n) is 4.75. The fourth-order valence-corrected chi connectivity index (χ4v) is 4.05. The molecule has 0 bridgehead atoms. The Hall–Kier alpha value is -0.960. The van der Waals surface area contributed by atoms with E-state index in [-0.39, 0.29) is 0 Å². The number of hydrogen-bond donors (Lipinski definition) is 1. The second kappa shape index (κ2) is 5.13. The summed E-state index contributed by atoms with van der Waals surface area (Å²) in [6.45, 7) is 0. The maximum absolute atomic E-state index is 4.40. The number of H-pyrrole nitrogens is 1. The predicted molar refractivity (Wildman–Crippen MR) is 73.7 cm³/mol. The fraction of sp³-hybridized carbons (Fsp3) is 0.500. The highest BCUT2D eigenvalue weighted by Crippen LogP contribution is 2.40. The van der Waals surface area contributed by atoms with E-state index in [1.807, 2.05) is 12.4 Å². The summed E-state index contributed by atoms with van der Waals surface area (Å²) in [7, 11) is 0. The molecule has 1 aromatic heterocycles. The number of nitrogens with one attached hydrogen (secondary N) is 1. The van der Waals surface area contributed by atoms with Crippen LogP contribution in [0.4, 0.5) is 0 Å². The van der Waals surface area contributed by atoms with Crippen molar-refractivity contribution in [1.29, 1.82) is 0 Å². The van der Waals surface area contributed by atoms with Gasteiger partial charge in [-0.1, -0.05) is 25.0 Å². The molecule has 1 saturated carbocycles. The van der Waals surface area contributed by atoms with E-state index in [4.69, 9.17) is 0 Å². The predicted octanol–water partition coefficient (Wildman–Crippen LogP) is 4.15. The monoisotopic (exact) mass is 246 g/mol. The number of imidazole rings is 1. The minimum absolute atomic E-state index is 0.831. The molecule has 0 aromatic carbocycles. The first-order valence-corrected chi connectivity index (χ1v) is 7.37. The van der Waals surface area contributed by atoms with Crippen molar-refractivity contribution in [2.45, 2.75) is 43.8 Å². The molecule has 17 heavy (non-hydrogen) atoms. The Morgan fingerprint density at radius 3 is 2.94 bits per heavy atom. The molecule has 0 spiro atoms. The van der Waals surface area contributed by atoms with E-state index >= 15 is 0 Å². The van der Waals surface area contributed by atoms with E-state index in [1.165, 1.54) is 36.2 Å². The van der Waals surface area contributed by atoms with Crippen LogP contribution in [0.15, 0.2) is 29.5 Å². The van der Waals surface area contributed by atoms with Crippen molar-refractivity contribution in [2.75, 3.05) is 0 Å². The van der Waals surface area contributed by atoms with Gasteiger partial charge in [0.15, 0.2) is 0 Å². The molecule has 2 aliphatic rings. The summed E-state index contributed by atoms with van der Waals surface area (Å²) in [6, 6.07) is 0. The van der Waals surface area contributed by atoms with Gasteiger partial charge in [0.05, 0.1) is 0 Å². The third-order valence-corrected chi connectivity index (χ3v) is 4.95. The average Bonchev–Trinajstić information content (AvgIpc) is 3.01. The van der Waals surface area contributed by atoms with Crippen molar-refractivity contribution in [3.8, 4) is 0 Å². The molecule has 1 heterocycles. The van der Waals surface area contributed by atoms with Gasteiger partial charge in [-0.05, 0) is 25.7 Å². The summed E-state index contributed by atoms with van der Waals surface area (Å²) in [5.74, 6) is 1.06. The molecule has 0 aliphatic heterocycles. The molecule has 2 aliphatic carbocycles. The van der Waals surface area contributed by atoms with Crippen molar-refractivity contribution >= 4 is 17.3 Å². The molecule has 0 radical (unpaired) electrons. The molecular weight excluding hydrogens is 228 g/mol. The van der Waals surface area contributed by atoms with E-state index in [0.29, 0.717) is 0 Å². The highest BCUT2D eigenvalue weighted by atomic mass is 32.2. The fourth-order valence-electron chi connectivity index (χ4n) is 2.60. The summed E-state index contributed by atoms with van der Waals surface area (Å²) in [5, 5.41) is 0.831. The number of aromatic amines is 1. The highest BCUT2D eigenvalue weighted by Gasteiger charge is 2.20. The van der Waals surface area contributed by atoms with Gasteiger partial charge in [-0.3, -0.25) is 0 Å². The molecule has 0 saturated heterocycles. The van der Waals surface area contributed by atoms with Gasteiger partial charge in [0.1, 0.15) is 5.82 Å². The van der Waals surface area contributed by atoms with Crippen LogP contribution in [0, 0.1) is 0 Å². The van der Waals surface area contributed by atoms with Crippen LogP contribution in [0.2, 0.25) is 0 Å². The van der Waals surface area contributed by atoms with Crippen LogP contribution in [0.25, 0.3) is 5.57 Å². The van der Waals surface area contributed by atoms with Gasteiger partial charge >= 0.3 is 0 Å². The zero-order chi connectivity index (χ0) is 11.5. The number of hydrogen-bond acceptors (Lipinski definition) is 2. The molecule has 1 aromatic rings. The zero-order valence-corrected chi connectivity index (χ0v) is 10.8. The number of rotatable bonds is 3. The Balaban J connectivity index is 1.84. The van der Waals surface area contributed by atoms with Crippen LogP contribution in [0.1, 0.15) is 44.3 Å². The second-order valence-corrected chi connectivity index (χ2v) is 6.09. The van der Waals surface area contributed by atoms with Crippen LogP contribution in [0.5, 0.6) is 0 Å². The van der Waals surface area contributed by atoms with Crippen LogP contribution in [-0.2, 0) is 0 Å². The van der Waals surface area contributed by atoms with E-state index in [1.54, 1.807) is 0 Å². The minimum atomic E-state index is 0.831. The van der Waals surface area contributed by atoms with Gasteiger partial charge in [0.25, 0.3) is 0 Å². The molecule has 0 amide bonds. The Kier molecular flexibility index (Phi) is 3.36. The Labute approximate surface area is 107 Å². The van der Waals surface area contributed by atoms with Crippen molar-refractivity contribution in [2.24, 2.45) is 0 Å². The van der Waals surface area contributed by atoms with Crippen molar-refractivity contribution in [3.63, 3.8) is 0 Å². The lowest BCUT2D eigenvalue weighted by Gasteiger charge is -2.17. The normalized spacial score (nSPS) is 21.4. The first-order valence-electron chi connectivity index (χ1n) is 6.49. The maximum atomic E-state index is 4.40. The van der Waals surface area contributed by atoms with E-state index in [0.717, 1.165) is 23.9 Å². The number of allylic oxidation sites excluding steroid dienone is 3. The van der Waals surface area contributed by atoms with Gasteiger partial charge < -0.3 is 4.98 Å². The molecule has 90 valence electrons. The van der Waals surface area contributed by atoms with Gasteiger partial charge in [0.2, 0.25) is 0 Å². The molecule has 0 unspecified atom stereocenters.